The normalized spacial score (nSPS) is 9.90. The van der Waals surface area contributed by atoms with Crippen LogP contribution in [0.15, 0.2) is 36.4 Å². The zero-order valence-electron chi connectivity index (χ0n) is 11.6. The molecule has 0 amide bonds. The Morgan fingerprint density at radius 3 is 2.62 bits per heavy atom. The summed E-state index contributed by atoms with van der Waals surface area (Å²) in [6.45, 7) is 2.06. The lowest BCUT2D eigenvalue weighted by Gasteiger charge is -2.08. The van der Waals surface area contributed by atoms with Crippen LogP contribution >= 0.6 is 0 Å². The molecule has 0 bridgehead atoms. The van der Waals surface area contributed by atoms with Crippen molar-refractivity contribution in [3.8, 4) is 17.6 Å². The molecular formula is C17H15F2NO. The molecule has 0 fully saturated rings. The summed E-state index contributed by atoms with van der Waals surface area (Å²) in [5.41, 5.74) is 6.85. The molecule has 2 rings (SSSR count). The van der Waals surface area contributed by atoms with Crippen molar-refractivity contribution in [2.24, 2.45) is 5.73 Å². The van der Waals surface area contributed by atoms with Gasteiger partial charge in [-0.3, -0.25) is 0 Å². The van der Waals surface area contributed by atoms with Gasteiger partial charge in [0.2, 0.25) is 0 Å². The predicted molar refractivity (Wildman–Crippen MR) is 77.8 cm³/mol. The highest BCUT2D eigenvalue weighted by molar-refractivity contribution is 5.38. The number of halogens is 2. The molecule has 0 saturated carbocycles. The van der Waals surface area contributed by atoms with Crippen molar-refractivity contribution >= 4 is 0 Å². The molecule has 0 heterocycles. The van der Waals surface area contributed by atoms with Gasteiger partial charge in [-0.1, -0.05) is 24.0 Å². The summed E-state index contributed by atoms with van der Waals surface area (Å²) in [7, 11) is 0. The smallest absolute Gasteiger partial charge is 0.138 e. The first kappa shape index (κ1) is 15.0. The van der Waals surface area contributed by atoms with Crippen LogP contribution in [0.1, 0.15) is 16.7 Å². The standard InChI is InChI=1S/C17H15F2NO/c1-12-4-6-15(10-17(12)19)21-11-13-5-7-16(18)14(9-13)3-2-8-20/h4-7,9-10H,8,11,20H2,1H3. The van der Waals surface area contributed by atoms with Crippen LogP contribution in [-0.2, 0) is 6.61 Å². The number of benzene rings is 2. The molecule has 0 aliphatic rings. The van der Waals surface area contributed by atoms with Crippen molar-refractivity contribution in [1.29, 1.82) is 0 Å². The second kappa shape index (κ2) is 6.87. The zero-order valence-corrected chi connectivity index (χ0v) is 11.6. The molecule has 0 aromatic heterocycles. The molecule has 2 nitrogen and oxygen atoms in total. The molecule has 2 N–H and O–H groups in total. The maximum Gasteiger partial charge on any atom is 0.138 e. The molecule has 0 atom stereocenters. The van der Waals surface area contributed by atoms with Crippen LogP contribution in [0.4, 0.5) is 8.78 Å². The first-order chi connectivity index (χ1) is 10.1. The highest BCUT2D eigenvalue weighted by Crippen LogP contribution is 2.18. The Kier molecular flexibility index (Phi) is 4.91. The third-order valence-corrected chi connectivity index (χ3v) is 2.90. The van der Waals surface area contributed by atoms with Crippen LogP contribution in [0.25, 0.3) is 0 Å². The Labute approximate surface area is 122 Å². The van der Waals surface area contributed by atoms with Gasteiger partial charge in [0.1, 0.15) is 24.0 Å². The van der Waals surface area contributed by atoms with Crippen LogP contribution < -0.4 is 10.5 Å². The Morgan fingerprint density at radius 1 is 1.10 bits per heavy atom. The number of aryl methyl sites for hydroxylation is 1. The summed E-state index contributed by atoms with van der Waals surface area (Å²) in [6.07, 6.45) is 0. The van der Waals surface area contributed by atoms with Crippen molar-refractivity contribution in [1.82, 2.24) is 0 Å². The van der Waals surface area contributed by atoms with Gasteiger partial charge in [-0.05, 0) is 36.2 Å². The minimum Gasteiger partial charge on any atom is -0.489 e. The SMILES string of the molecule is Cc1ccc(OCc2ccc(F)c(C#CCN)c2)cc1F. The highest BCUT2D eigenvalue weighted by atomic mass is 19.1. The fraction of sp³-hybridized carbons (Fsp3) is 0.176. The molecule has 2 aromatic rings. The number of hydrogen-bond donors (Lipinski definition) is 1. The van der Waals surface area contributed by atoms with Gasteiger partial charge < -0.3 is 10.5 Å². The first-order valence-electron chi connectivity index (χ1n) is 6.46. The lowest BCUT2D eigenvalue weighted by atomic mass is 10.1. The van der Waals surface area contributed by atoms with Gasteiger partial charge in [0.15, 0.2) is 0 Å². The fourth-order valence-electron chi connectivity index (χ4n) is 1.73. The molecule has 0 spiro atoms. The summed E-state index contributed by atoms with van der Waals surface area (Å²) in [4.78, 5) is 0. The van der Waals surface area contributed by atoms with E-state index in [1.165, 1.54) is 12.1 Å². The van der Waals surface area contributed by atoms with E-state index in [2.05, 4.69) is 11.8 Å². The molecule has 0 unspecified atom stereocenters. The van der Waals surface area contributed by atoms with Crippen molar-refractivity contribution < 1.29 is 13.5 Å². The number of ether oxygens (including phenoxy) is 1. The van der Waals surface area contributed by atoms with Crippen LogP contribution in [0.5, 0.6) is 5.75 Å². The molecule has 0 saturated heterocycles. The van der Waals surface area contributed by atoms with Gasteiger partial charge >= 0.3 is 0 Å². The molecule has 0 radical (unpaired) electrons. The average molecular weight is 287 g/mol. The van der Waals surface area contributed by atoms with Gasteiger partial charge in [-0.15, -0.1) is 0 Å². The molecule has 0 aliphatic carbocycles. The zero-order chi connectivity index (χ0) is 15.2. The minimum atomic E-state index is -0.402. The van der Waals surface area contributed by atoms with E-state index in [1.807, 2.05) is 0 Å². The average Bonchev–Trinajstić information content (AvgIpc) is 2.48. The Morgan fingerprint density at radius 2 is 1.90 bits per heavy atom. The van der Waals surface area contributed by atoms with E-state index in [-0.39, 0.29) is 24.5 Å². The largest absolute Gasteiger partial charge is 0.489 e. The Balaban J connectivity index is 2.11. The highest BCUT2D eigenvalue weighted by Gasteiger charge is 2.04. The van der Waals surface area contributed by atoms with Crippen LogP contribution in [0.2, 0.25) is 0 Å². The van der Waals surface area contributed by atoms with Crippen LogP contribution in [0.3, 0.4) is 0 Å². The second-order valence-corrected chi connectivity index (χ2v) is 4.52. The summed E-state index contributed by atoms with van der Waals surface area (Å²) in [6, 6.07) is 9.20. The molecule has 2 aromatic carbocycles. The van der Waals surface area contributed by atoms with Crippen LogP contribution in [0, 0.1) is 30.4 Å². The predicted octanol–water partition coefficient (Wildman–Crippen LogP) is 3.16. The first-order valence-corrected chi connectivity index (χ1v) is 6.46. The number of hydrogen-bond acceptors (Lipinski definition) is 2. The number of rotatable bonds is 3. The van der Waals surface area contributed by atoms with Gasteiger partial charge in [0.25, 0.3) is 0 Å². The second-order valence-electron chi connectivity index (χ2n) is 4.52. The molecule has 4 heteroatoms. The van der Waals surface area contributed by atoms with Crippen molar-refractivity contribution in [3.05, 3.63) is 64.7 Å². The molecule has 108 valence electrons. The van der Waals surface area contributed by atoms with E-state index in [9.17, 15) is 8.78 Å². The van der Waals surface area contributed by atoms with Crippen molar-refractivity contribution in [3.63, 3.8) is 0 Å². The third kappa shape index (κ3) is 4.04. The lowest BCUT2D eigenvalue weighted by Crippen LogP contribution is -1.98. The fourth-order valence-corrected chi connectivity index (χ4v) is 1.73. The van der Waals surface area contributed by atoms with Gasteiger partial charge in [-0.2, -0.15) is 0 Å². The van der Waals surface area contributed by atoms with Gasteiger partial charge in [0, 0.05) is 6.07 Å². The quantitative estimate of drug-likeness (QED) is 0.880. The van der Waals surface area contributed by atoms with E-state index in [4.69, 9.17) is 10.5 Å². The summed E-state index contributed by atoms with van der Waals surface area (Å²) in [5, 5.41) is 0. The lowest BCUT2D eigenvalue weighted by molar-refractivity contribution is 0.304. The van der Waals surface area contributed by atoms with Crippen molar-refractivity contribution in [2.45, 2.75) is 13.5 Å². The van der Waals surface area contributed by atoms with Gasteiger partial charge in [0.05, 0.1) is 12.1 Å². The van der Waals surface area contributed by atoms with E-state index in [0.29, 0.717) is 11.3 Å². The van der Waals surface area contributed by atoms with E-state index < -0.39 is 5.82 Å². The van der Waals surface area contributed by atoms with Crippen LogP contribution in [-0.4, -0.2) is 6.54 Å². The minimum absolute atomic E-state index is 0.169. The van der Waals surface area contributed by atoms with E-state index in [0.717, 1.165) is 5.56 Å². The topological polar surface area (TPSA) is 35.2 Å². The van der Waals surface area contributed by atoms with E-state index in [1.54, 1.807) is 31.2 Å². The molecular weight excluding hydrogens is 272 g/mol. The third-order valence-electron chi connectivity index (χ3n) is 2.90. The number of nitrogens with two attached hydrogens (primary N) is 1. The maximum atomic E-state index is 13.5. The Hall–Kier alpha value is -2.38. The summed E-state index contributed by atoms with van der Waals surface area (Å²) in [5.74, 6) is 4.98. The maximum absolute atomic E-state index is 13.5. The molecule has 0 aliphatic heterocycles. The monoisotopic (exact) mass is 287 g/mol. The van der Waals surface area contributed by atoms with Crippen molar-refractivity contribution in [2.75, 3.05) is 6.54 Å². The Bertz CT molecular complexity index is 702. The summed E-state index contributed by atoms with van der Waals surface area (Å²) < 4.78 is 32.4. The van der Waals surface area contributed by atoms with E-state index >= 15 is 0 Å². The van der Waals surface area contributed by atoms with Gasteiger partial charge in [-0.25, -0.2) is 8.78 Å². The summed E-state index contributed by atoms with van der Waals surface area (Å²) >= 11 is 0. The molecule has 21 heavy (non-hydrogen) atoms.